The van der Waals surface area contributed by atoms with E-state index in [1.807, 2.05) is 25.1 Å². The number of ether oxygens (including phenoxy) is 2. The Kier molecular flexibility index (Phi) is 6.82. The number of phenols is 1. The van der Waals surface area contributed by atoms with Crippen LogP contribution < -0.4 is 20.5 Å². The average Bonchev–Trinajstić information content (AvgIpc) is 3.41. The number of rotatable bonds is 9. The van der Waals surface area contributed by atoms with Crippen molar-refractivity contribution in [2.24, 2.45) is 5.73 Å². The van der Waals surface area contributed by atoms with Crippen molar-refractivity contribution >= 4 is 45.6 Å². The molecule has 0 aliphatic heterocycles. The number of halogens is 1. The molecule has 178 valence electrons. The molecule has 34 heavy (non-hydrogen) atoms. The Labute approximate surface area is 204 Å². The van der Waals surface area contributed by atoms with E-state index in [0.29, 0.717) is 50.4 Å². The molecule has 0 radical (unpaired) electrons. The zero-order valence-electron chi connectivity index (χ0n) is 18.4. The summed E-state index contributed by atoms with van der Waals surface area (Å²) in [5, 5.41) is 23.3. The third-order valence-corrected chi connectivity index (χ3v) is 6.74. The maximum absolute atomic E-state index is 12.2. The Morgan fingerprint density at radius 3 is 2.82 bits per heavy atom. The molecule has 4 aromatic rings. The molecule has 0 saturated carbocycles. The quantitative estimate of drug-likeness (QED) is 0.271. The summed E-state index contributed by atoms with van der Waals surface area (Å²) in [4.78, 5) is 16.8. The number of aliphatic hydroxyl groups is 1. The van der Waals surface area contributed by atoms with Gasteiger partial charge in [-0.3, -0.25) is 9.36 Å². The van der Waals surface area contributed by atoms with Crippen LogP contribution in [-0.4, -0.2) is 45.9 Å². The van der Waals surface area contributed by atoms with Crippen LogP contribution in [0.1, 0.15) is 28.3 Å². The van der Waals surface area contributed by atoms with Gasteiger partial charge < -0.3 is 30.7 Å². The number of benzene rings is 2. The van der Waals surface area contributed by atoms with Gasteiger partial charge in [0.2, 0.25) is 0 Å². The number of aromatic nitrogens is 2. The zero-order chi connectivity index (χ0) is 24.4. The number of phenolic OH excluding ortho intramolecular Hbond substituents is 1. The lowest BCUT2D eigenvalue weighted by molar-refractivity contribution is 0.0998. The first-order valence-electron chi connectivity index (χ1n) is 10.3. The summed E-state index contributed by atoms with van der Waals surface area (Å²) in [6.07, 6.45) is 1.08. The Morgan fingerprint density at radius 2 is 2.12 bits per heavy atom. The van der Waals surface area contributed by atoms with E-state index in [-0.39, 0.29) is 17.2 Å². The van der Waals surface area contributed by atoms with E-state index in [1.165, 1.54) is 13.2 Å². The van der Waals surface area contributed by atoms with Crippen molar-refractivity contribution in [3.8, 4) is 22.2 Å². The molecule has 0 fully saturated rings. The van der Waals surface area contributed by atoms with Crippen LogP contribution in [0.15, 0.2) is 42.7 Å². The van der Waals surface area contributed by atoms with Gasteiger partial charge in [-0.1, -0.05) is 23.7 Å². The maximum Gasteiger partial charge on any atom is 0.262 e. The number of nitrogens with two attached hydrogens (primary N) is 1. The number of aliphatic hydroxyl groups excluding tert-OH is 1. The minimum atomic E-state index is -0.623. The molecule has 0 saturated heterocycles. The van der Waals surface area contributed by atoms with Gasteiger partial charge in [-0.15, -0.1) is 11.3 Å². The zero-order valence-corrected chi connectivity index (χ0v) is 20.0. The minimum absolute atomic E-state index is 0.0188. The fraction of sp³-hybridized carbons (Fsp3) is 0.217. The number of hydrogen-bond acceptors (Lipinski definition) is 8. The number of fused-ring (bicyclic) bond motifs is 1. The van der Waals surface area contributed by atoms with E-state index in [0.717, 1.165) is 11.3 Å². The van der Waals surface area contributed by atoms with Crippen molar-refractivity contribution in [3.05, 3.63) is 58.2 Å². The first kappa shape index (κ1) is 23.7. The van der Waals surface area contributed by atoms with E-state index in [4.69, 9.17) is 31.9 Å². The first-order chi connectivity index (χ1) is 16.3. The predicted molar refractivity (Wildman–Crippen MR) is 132 cm³/mol. The highest BCUT2D eigenvalue weighted by molar-refractivity contribution is 7.16. The van der Waals surface area contributed by atoms with Gasteiger partial charge in [0.25, 0.3) is 5.91 Å². The highest BCUT2D eigenvalue weighted by atomic mass is 35.5. The second kappa shape index (κ2) is 9.80. The molecule has 0 spiro atoms. The molecule has 0 aliphatic carbocycles. The van der Waals surface area contributed by atoms with Crippen LogP contribution in [0.25, 0.3) is 16.0 Å². The summed E-state index contributed by atoms with van der Waals surface area (Å²) in [6, 6.07) is 10.3. The van der Waals surface area contributed by atoms with Crippen LogP contribution in [0, 0.1) is 0 Å². The number of anilines is 1. The Balaban J connectivity index is 1.69. The van der Waals surface area contributed by atoms with E-state index in [1.54, 1.807) is 23.0 Å². The number of hydrogen-bond donors (Lipinski definition) is 4. The van der Waals surface area contributed by atoms with Gasteiger partial charge >= 0.3 is 0 Å². The lowest BCUT2D eigenvalue weighted by Gasteiger charge is -2.18. The molecule has 0 aliphatic rings. The number of imidazole rings is 1. The number of methoxy groups -OCH3 is 1. The SMILES string of the molecule is COc1cc2c(cc1O)ncn2-c1cc(OC(C)c2cccc(NCCO)c2Cl)c(C(N)=O)s1. The molecule has 1 atom stereocenters. The third kappa shape index (κ3) is 4.47. The lowest BCUT2D eigenvalue weighted by atomic mass is 10.1. The number of nitrogens with one attached hydrogen (secondary N) is 1. The number of primary amides is 1. The Morgan fingerprint density at radius 1 is 1.32 bits per heavy atom. The normalized spacial score (nSPS) is 12.0. The molecule has 4 rings (SSSR count). The summed E-state index contributed by atoms with van der Waals surface area (Å²) in [6.45, 7) is 2.15. The predicted octanol–water partition coefficient (Wildman–Crippen LogP) is 4.10. The smallest absolute Gasteiger partial charge is 0.262 e. The fourth-order valence-corrected chi connectivity index (χ4v) is 4.82. The maximum atomic E-state index is 12.2. The molecule has 1 unspecified atom stereocenters. The van der Waals surface area contributed by atoms with Gasteiger partial charge in [-0.05, 0) is 13.0 Å². The lowest BCUT2D eigenvalue weighted by Crippen LogP contribution is -2.12. The summed E-state index contributed by atoms with van der Waals surface area (Å²) in [5.74, 6) is -0.0232. The molecule has 0 bridgehead atoms. The van der Waals surface area contributed by atoms with Gasteiger partial charge in [0.15, 0.2) is 11.5 Å². The van der Waals surface area contributed by atoms with E-state index >= 15 is 0 Å². The van der Waals surface area contributed by atoms with Gasteiger partial charge in [0, 0.05) is 30.3 Å². The van der Waals surface area contributed by atoms with Gasteiger partial charge in [-0.2, -0.15) is 0 Å². The van der Waals surface area contributed by atoms with E-state index in [9.17, 15) is 9.90 Å². The molecule has 1 amide bonds. The van der Waals surface area contributed by atoms with Crippen molar-refractivity contribution in [1.29, 1.82) is 0 Å². The largest absolute Gasteiger partial charge is 0.504 e. The van der Waals surface area contributed by atoms with Crippen molar-refractivity contribution in [2.45, 2.75) is 13.0 Å². The monoisotopic (exact) mass is 502 g/mol. The molecular formula is C23H23ClN4O5S. The number of aromatic hydroxyl groups is 1. The number of nitrogens with zero attached hydrogens (tertiary/aromatic N) is 2. The van der Waals surface area contributed by atoms with Crippen LogP contribution in [0.3, 0.4) is 0 Å². The number of thiophene rings is 1. The second-order valence-corrected chi connectivity index (χ2v) is 8.80. The summed E-state index contributed by atoms with van der Waals surface area (Å²) < 4.78 is 13.1. The Hall–Kier alpha value is -3.47. The van der Waals surface area contributed by atoms with Crippen molar-refractivity contribution in [2.75, 3.05) is 25.6 Å². The fourth-order valence-electron chi connectivity index (χ4n) is 3.55. The number of carbonyl (C=O) groups excluding carboxylic acids is 1. The summed E-state index contributed by atoms with van der Waals surface area (Å²) >= 11 is 7.70. The molecule has 11 heteroatoms. The topological polar surface area (TPSA) is 132 Å². The number of carbonyl (C=O) groups is 1. The molecule has 2 heterocycles. The van der Waals surface area contributed by atoms with Crippen LogP contribution in [0.2, 0.25) is 5.02 Å². The van der Waals surface area contributed by atoms with Crippen LogP contribution in [0.4, 0.5) is 5.69 Å². The first-order valence-corrected chi connectivity index (χ1v) is 11.5. The minimum Gasteiger partial charge on any atom is -0.504 e. The van der Waals surface area contributed by atoms with Gasteiger partial charge in [0.05, 0.1) is 35.5 Å². The second-order valence-electron chi connectivity index (χ2n) is 7.39. The third-order valence-electron chi connectivity index (χ3n) is 5.19. The van der Waals surface area contributed by atoms with Crippen molar-refractivity contribution in [3.63, 3.8) is 0 Å². The summed E-state index contributed by atoms with van der Waals surface area (Å²) in [5.41, 5.74) is 8.25. The molecule has 9 nitrogen and oxygen atoms in total. The summed E-state index contributed by atoms with van der Waals surface area (Å²) in [7, 11) is 1.46. The Bertz CT molecular complexity index is 1350. The molecular weight excluding hydrogens is 480 g/mol. The molecule has 2 aromatic heterocycles. The van der Waals surface area contributed by atoms with Crippen molar-refractivity contribution < 1.29 is 24.5 Å². The standard InChI is InChI=1S/C23H23ClN4O5S/c1-12(13-4-3-5-14(21(13)24)26-6-7-29)33-19-10-20(34-22(19)23(25)31)28-11-27-15-8-17(30)18(32-2)9-16(15)28/h3-5,8-12,26,29-30H,6-7H2,1-2H3,(H2,25,31). The van der Waals surface area contributed by atoms with Crippen LogP contribution in [0.5, 0.6) is 17.2 Å². The highest BCUT2D eigenvalue weighted by Crippen LogP contribution is 2.39. The number of amides is 1. The molecule has 5 N–H and O–H groups in total. The molecule has 2 aromatic carbocycles. The van der Waals surface area contributed by atoms with E-state index in [2.05, 4.69) is 10.3 Å². The van der Waals surface area contributed by atoms with Gasteiger partial charge in [-0.25, -0.2) is 4.98 Å². The van der Waals surface area contributed by atoms with Crippen LogP contribution in [-0.2, 0) is 0 Å². The van der Waals surface area contributed by atoms with E-state index < -0.39 is 12.0 Å². The van der Waals surface area contributed by atoms with Crippen LogP contribution >= 0.6 is 22.9 Å². The van der Waals surface area contributed by atoms with Crippen molar-refractivity contribution in [1.82, 2.24) is 9.55 Å². The average molecular weight is 503 g/mol. The van der Waals surface area contributed by atoms with Gasteiger partial charge in [0.1, 0.15) is 28.1 Å². The highest BCUT2D eigenvalue weighted by Gasteiger charge is 2.22.